The second kappa shape index (κ2) is 6.18. The average molecular weight is 255 g/mol. The van der Waals surface area contributed by atoms with Crippen LogP contribution in [0.1, 0.15) is 24.4 Å². The molecular formula is C11H17N3O4. The van der Waals surface area contributed by atoms with Gasteiger partial charge in [-0.3, -0.25) is 10.1 Å². The molecule has 0 fully saturated rings. The second-order valence-electron chi connectivity index (χ2n) is 3.89. The minimum atomic E-state index is -0.670. The quantitative estimate of drug-likeness (QED) is 0.515. The molecule has 0 aromatic heterocycles. The predicted octanol–water partition coefficient (Wildman–Crippen LogP) is 1.05. The molecule has 7 heteroatoms. The van der Waals surface area contributed by atoms with E-state index in [1.165, 1.54) is 19.2 Å². The summed E-state index contributed by atoms with van der Waals surface area (Å²) in [4.78, 5) is 10.1. The number of methoxy groups -OCH3 is 1. The number of hydrogen-bond donors (Lipinski definition) is 3. The topological polar surface area (TPSA) is 125 Å². The van der Waals surface area contributed by atoms with E-state index in [0.29, 0.717) is 18.5 Å². The van der Waals surface area contributed by atoms with Gasteiger partial charge in [0.15, 0.2) is 5.75 Å². The zero-order valence-corrected chi connectivity index (χ0v) is 10.1. The van der Waals surface area contributed by atoms with Gasteiger partial charge >= 0.3 is 5.69 Å². The minimum Gasteiger partial charge on any atom is -0.500 e. The minimum absolute atomic E-state index is 0.0439. The molecule has 0 bridgehead atoms. The first-order chi connectivity index (χ1) is 8.51. The van der Waals surface area contributed by atoms with Gasteiger partial charge in [-0.1, -0.05) is 0 Å². The fraction of sp³-hybridized carbons (Fsp3) is 0.455. The molecule has 0 amide bonds. The van der Waals surface area contributed by atoms with Crippen LogP contribution in [0.4, 0.5) is 5.69 Å². The summed E-state index contributed by atoms with van der Waals surface area (Å²) in [5, 5.41) is 20.4. The van der Waals surface area contributed by atoms with E-state index in [0.717, 1.165) is 6.42 Å². The van der Waals surface area contributed by atoms with Gasteiger partial charge in [-0.2, -0.15) is 0 Å². The first-order valence-electron chi connectivity index (χ1n) is 5.52. The Hall–Kier alpha value is -1.86. The number of ether oxygens (including phenoxy) is 1. The summed E-state index contributed by atoms with van der Waals surface area (Å²) in [5.74, 6) is -0.445. The lowest BCUT2D eigenvalue weighted by atomic mass is 10.0. The zero-order chi connectivity index (χ0) is 13.7. The molecule has 7 nitrogen and oxygen atoms in total. The summed E-state index contributed by atoms with van der Waals surface area (Å²) in [6.45, 7) is 0.505. The summed E-state index contributed by atoms with van der Waals surface area (Å²) in [7, 11) is 1.33. The van der Waals surface area contributed by atoms with Crippen molar-refractivity contribution in [2.24, 2.45) is 11.5 Å². The number of nitrogens with two attached hydrogens (primary N) is 2. The van der Waals surface area contributed by atoms with E-state index in [-0.39, 0.29) is 11.8 Å². The summed E-state index contributed by atoms with van der Waals surface area (Å²) in [6.07, 6.45) is 1.33. The van der Waals surface area contributed by atoms with Gasteiger partial charge in [-0.15, -0.1) is 0 Å². The van der Waals surface area contributed by atoms with Crippen molar-refractivity contribution >= 4 is 5.69 Å². The summed E-state index contributed by atoms with van der Waals surface area (Å²) >= 11 is 0. The number of hydrogen-bond acceptors (Lipinski definition) is 6. The normalized spacial score (nSPS) is 12.2. The van der Waals surface area contributed by atoms with Crippen molar-refractivity contribution in [1.82, 2.24) is 0 Å². The maximum absolute atomic E-state index is 10.8. The highest BCUT2D eigenvalue weighted by molar-refractivity contribution is 5.57. The van der Waals surface area contributed by atoms with E-state index in [2.05, 4.69) is 0 Å². The third-order valence-corrected chi connectivity index (χ3v) is 2.64. The van der Waals surface area contributed by atoms with E-state index < -0.39 is 16.4 Å². The highest BCUT2D eigenvalue weighted by atomic mass is 16.6. The van der Waals surface area contributed by atoms with Gasteiger partial charge in [0.1, 0.15) is 0 Å². The summed E-state index contributed by atoms with van der Waals surface area (Å²) in [5.41, 5.74) is 11.4. The Balaban J connectivity index is 3.13. The first kappa shape index (κ1) is 14.2. The molecule has 0 aliphatic carbocycles. The van der Waals surface area contributed by atoms with Gasteiger partial charge in [0.25, 0.3) is 0 Å². The molecule has 5 N–H and O–H groups in total. The molecule has 0 heterocycles. The van der Waals surface area contributed by atoms with Gasteiger partial charge in [0, 0.05) is 12.1 Å². The van der Waals surface area contributed by atoms with Crippen molar-refractivity contribution in [2.45, 2.75) is 18.9 Å². The Labute approximate surface area is 104 Å². The van der Waals surface area contributed by atoms with Crippen molar-refractivity contribution in [3.63, 3.8) is 0 Å². The molecule has 0 saturated carbocycles. The number of phenols is 1. The molecule has 1 aromatic rings. The zero-order valence-electron chi connectivity index (χ0n) is 10.1. The molecule has 0 saturated heterocycles. The van der Waals surface area contributed by atoms with Crippen molar-refractivity contribution in [3.8, 4) is 11.5 Å². The number of phenolic OH excluding ortho intramolecular Hbond substituents is 1. The van der Waals surface area contributed by atoms with Crippen LogP contribution in [0.5, 0.6) is 11.5 Å². The van der Waals surface area contributed by atoms with Crippen LogP contribution in [0.3, 0.4) is 0 Å². The van der Waals surface area contributed by atoms with Crippen LogP contribution in [-0.2, 0) is 0 Å². The van der Waals surface area contributed by atoms with Crippen molar-refractivity contribution < 1.29 is 14.8 Å². The lowest BCUT2D eigenvalue weighted by molar-refractivity contribution is -0.386. The number of rotatable bonds is 6. The smallest absolute Gasteiger partial charge is 0.314 e. The fourth-order valence-electron chi connectivity index (χ4n) is 1.63. The van der Waals surface area contributed by atoms with Crippen LogP contribution in [0.15, 0.2) is 12.1 Å². The molecule has 0 spiro atoms. The molecule has 18 heavy (non-hydrogen) atoms. The maximum atomic E-state index is 10.8. The van der Waals surface area contributed by atoms with Crippen LogP contribution in [0.25, 0.3) is 0 Å². The van der Waals surface area contributed by atoms with Crippen LogP contribution in [-0.4, -0.2) is 23.7 Å². The van der Waals surface area contributed by atoms with Crippen LogP contribution < -0.4 is 16.2 Å². The Kier molecular flexibility index (Phi) is 4.87. The molecule has 0 radical (unpaired) electrons. The van der Waals surface area contributed by atoms with Gasteiger partial charge in [0.05, 0.1) is 12.0 Å². The van der Waals surface area contributed by atoms with Crippen molar-refractivity contribution in [3.05, 3.63) is 27.8 Å². The summed E-state index contributed by atoms with van der Waals surface area (Å²) < 4.78 is 4.90. The van der Waals surface area contributed by atoms with Gasteiger partial charge in [-0.25, -0.2) is 0 Å². The molecule has 1 aromatic carbocycles. The van der Waals surface area contributed by atoms with Crippen LogP contribution >= 0.6 is 0 Å². The number of nitro groups is 1. The molecular weight excluding hydrogens is 238 g/mol. The Morgan fingerprint density at radius 3 is 2.72 bits per heavy atom. The SMILES string of the molecule is COc1cc([C@H](N)CCCN)cc([N+](=O)[O-])c1O. The first-order valence-corrected chi connectivity index (χ1v) is 5.52. The summed E-state index contributed by atoms with van der Waals surface area (Å²) in [6, 6.07) is 2.39. The van der Waals surface area contributed by atoms with Gasteiger partial charge < -0.3 is 21.3 Å². The van der Waals surface area contributed by atoms with E-state index in [1.807, 2.05) is 0 Å². The number of nitrogens with zero attached hydrogens (tertiary/aromatic N) is 1. The Morgan fingerprint density at radius 2 is 2.22 bits per heavy atom. The van der Waals surface area contributed by atoms with Gasteiger partial charge in [0.2, 0.25) is 5.75 Å². The highest BCUT2D eigenvalue weighted by Gasteiger charge is 2.21. The van der Waals surface area contributed by atoms with E-state index >= 15 is 0 Å². The van der Waals surface area contributed by atoms with E-state index in [9.17, 15) is 15.2 Å². The van der Waals surface area contributed by atoms with Crippen LogP contribution in [0, 0.1) is 10.1 Å². The highest BCUT2D eigenvalue weighted by Crippen LogP contribution is 2.38. The maximum Gasteiger partial charge on any atom is 0.314 e. The fourth-order valence-corrected chi connectivity index (χ4v) is 1.63. The standard InChI is InChI=1S/C11H17N3O4/c1-18-10-6-7(8(13)3-2-4-12)5-9(11(10)15)14(16)17/h5-6,8,15H,2-4,12-13H2,1H3/t8-/m1/s1. The third kappa shape index (κ3) is 3.08. The molecule has 100 valence electrons. The van der Waals surface area contributed by atoms with Gasteiger partial charge in [-0.05, 0) is 31.0 Å². The number of benzene rings is 1. The average Bonchev–Trinajstić information content (AvgIpc) is 2.35. The molecule has 0 aliphatic rings. The monoisotopic (exact) mass is 255 g/mol. The van der Waals surface area contributed by atoms with Crippen molar-refractivity contribution in [2.75, 3.05) is 13.7 Å². The molecule has 0 unspecified atom stereocenters. The number of nitro benzene ring substituents is 1. The van der Waals surface area contributed by atoms with E-state index in [4.69, 9.17) is 16.2 Å². The molecule has 1 rings (SSSR count). The molecule has 0 aliphatic heterocycles. The second-order valence-corrected chi connectivity index (χ2v) is 3.89. The lowest BCUT2D eigenvalue weighted by Gasteiger charge is -2.13. The number of aromatic hydroxyl groups is 1. The van der Waals surface area contributed by atoms with E-state index in [1.54, 1.807) is 0 Å². The Morgan fingerprint density at radius 1 is 1.56 bits per heavy atom. The Bertz CT molecular complexity index is 437. The third-order valence-electron chi connectivity index (χ3n) is 2.64. The largest absolute Gasteiger partial charge is 0.500 e. The molecule has 1 atom stereocenters. The predicted molar refractivity (Wildman–Crippen MR) is 66.5 cm³/mol. The lowest BCUT2D eigenvalue weighted by Crippen LogP contribution is -2.13. The van der Waals surface area contributed by atoms with Crippen LogP contribution in [0.2, 0.25) is 0 Å². The van der Waals surface area contributed by atoms with Crippen molar-refractivity contribution in [1.29, 1.82) is 0 Å².